The van der Waals surface area contributed by atoms with Crippen molar-refractivity contribution >= 4 is 33.8 Å². The van der Waals surface area contributed by atoms with E-state index in [0.717, 1.165) is 33.8 Å². The Bertz CT molecular complexity index is 1130. The van der Waals surface area contributed by atoms with Gasteiger partial charge in [-0.05, 0) is 56.3 Å². The zero-order valence-electron chi connectivity index (χ0n) is 15.8. The number of hydrogen-bond donors (Lipinski definition) is 1. The number of rotatable bonds is 6. The molecule has 0 saturated heterocycles. The summed E-state index contributed by atoms with van der Waals surface area (Å²) in [5, 5.41) is 7.07. The van der Waals surface area contributed by atoms with E-state index in [1.807, 2.05) is 42.6 Å². The van der Waals surface area contributed by atoms with Crippen LogP contribution in [0.2, 0.25) is 0 Å². The number of amides is 1. The molecule has 2 aromatic heterocycles. The van der Waals surface area contributed by atoms with Gasteiger partial charge in [0.05, 0.1) is 10.7 Å². The first-order chi connectivity index (χ1) is 13.6. The fourth-order valence-corrected chi connectivity index (χ4v) is 3.71. The number of thiazole rings is 1. The molecule has 0 saturated carbocycles. The zero-order valence-corrected chi connectivity index (χ0v) is 16.6. The Hall–Kier alpha value is -3.12. The van der Waals surface area contributed by atoms with Crippen LogP contribution in [-0.4, -0.2) is 15.5 Å². The van der Waals surface area contributed by atoms with Gasteiger partial charge in [0.2, 0.25) is 0 Å². The van der Waals surface area contributed by atoms with Crippen molar-refractivity contribution in [3.8, 4) is 5.75 Å². The summed E-state index contributed by atoms with van der Waals surface area (Å²) in [6, 6.07) is 15.2. The monoisotopic (exact) mass is 391 g/mol. The van der Waals surface area contributed by atoms with Crippen LogP contribution >= 0.6 is 11.3 Å². The highest BCUT2D eigenvalue weighted by Crippen LogP contribution is 2.22. The van der Waals surface area contributed by atoms with Crippen molar-refractivity contribution in [2.75, 3.05) is 5.32 Å². The van der Waals surface area contributed by atoms with Crippen LogP contribution in [0.4, 0.5) is 5.69 Å². The number of hydrogen-bond acceptors (Lipinski definition) is 4. The molecule has 0 aliphatic rings. The zero-order chi connectivity index (χ0) is 19.5. The lowest BCUT2D eigenvalue weighted by atomic mass is 10.2. The maximum atomic E-state index is 12.7. The van der Waals surface area contributed by atoms with Crippen molar-refractivity contribution in [2.24, 2.45) is 0 Å². The molecule has 1 amide bonds. The van der Waals surface area contributed by atoms with E-state index in [1.165, 1.54) is 0 Å². The fourth-order valence-electron chi connectivity index (χ4n) is 3.12. The van der Waals surface area contributed by atoms with E-state index >= 15 is 0 Å². The summed E-state index contributed by atoms with van der Waals surface area (Å²) in [4.78, 5) is 17.0. The van der Waals surface area contributed by atoms with Crippen LogP contribution in [0.5, 0.6) is 5.75 Å². The number of fused-ring (bicyclic) bond motifs is 1. The third kappa shape index (κ3) is 3.92. The number of ether oxygens (including phenoxy) is 1. The minimum Gasteiger partial charge on any atom is -0.487 e. The average molecular weight is 391 g/mol. The van der Waals surface area contributed by atoms with Crippen molar-refractivity contribution in [1.29, 1.82) is 0 Å². The van der Waals surface area contributed by atoms with Gasteiger partial charge in [-0.3, -0.25) is 4.79 Å². The molecular formula is C22H21N3O2S. The van der Waals surface area contributed by atoms with Crippen molar-refractivity contribution < 1.29 is 9.53 Å². The first-order valence-electron chi connectivity index (χ1n) is 9.16. The molecule has 0 bridgehead atoms. The predicted molar refractivity (Wildman–Crippen MR) is 113 cm³/mol. The number of nitrogens with one attached hydrogen (secondary N) is 1. The number of benzene rings is 2. The second-order valence-electron chi connectivity index (χ2n) is 6.50. The minimum atomic E-state index is -0.163. The highest BCUT2D eigenvalue weighted by Gasteiger charge is 2.09. The SMILES string of the molecule is CCn1ccc2cc(NC(=O)c3cccc(OCc4csc(C)n4)c3)ccc21. The molecule has 0 aliphatic heterocycles. The standard InChI is InChI=1S/C22H21N3O2S/c1-3-25-10-9-16-11-18(7-8-21(16)25)24-22(26)17-5-4-6-20(12-17)27-13-19-14-28-15(2)23-19/h4-12,14H,3,13H2,1-2H3,(H,24,26). The van der Waals surface area contributed by atoms with E-state index in [9.17, 15) is 4.79 Å². The number of nitrogens with zero attached hydrogens (tertiary/aromatic N) is 2. The van der Waals surface area contributed by atoms with Crippen molar-refractivity contribution in [3.05, 3.63) is 76.4 Å². The van der Waals surface area contributed by atoms with E-state index in [4.69, 9.17) is 4.74 Å². The lowest BCUT2D eigenvalue weighted by molar-refractivity contribution is 0.102. The van der Waals surface area contributed by atoms with E-state index in [0.29, 0.717) is 17.9 Å². The summed E-state index contributed by atoms with van der Waals surface area (Å²) in [6.07, 6.45) is 2.06. The van der Waals surface area contributed by atoms with Gasteiger partial charge >= 0.3 is 0 Å². The maximum Gasteiger partial charge on any atom is 0.255 e. The first kappa shape index (κ1) is 18.3. The molecule has 2 aromatic carbocycles. The van der Waals surface area contributed by atoms with E-state index in [1.54, 1.807) is 23.5 Å². The summed E-state index contributed by atoms with van der Waals surface area (Å²) in [5.41, 5.74) is 3.38. The average Bonchev–Trinajstić information content (AvgIpc) is 3.31. The van der Waals surface area contributed by atoms with Crippen LogP contribution in [0.25, 0.3) is 10.9 Å². The molecule has 0 unspecified atom stereocenters. The summed E-state index contributed by atoms with van der Waals surface area (Å²) in [5.74, 6) is 0.484. The molecule has 28 heavy (non-hydrogen) atoms. The lowest BCUT2D eigenvalue weighted by Crippen LogP contribution is -2.12. The number of carbonyl (C=O) groups is 1. The molecule has 2 heterocycles. The topological polar surface area (TPSA) is 56.2 Å². The van der Waals surface area contributed by atoms with Gasteiger partial charge in [0.25, 0.3) is 5.91 Å². The number of carbonyl (C=O) groups excluding carboxylic acids is 1. The van der Waals surface area contributed by atoms with E-state index in [-0.39, 0.29) is 5.91 Å². The van der Waals surface area contributed by atoms with Gasteiger partial charge < -0.3 is 14.6 Å². The van der Waals surface area contributed by atoms with E-state index < -0.39 is 0 Å². The van der Waals surface area contributed by atoms with Crippen LogP contribution in [0.1, 0.15) is 28.0 Å². The molecule has 6 heteroatoms. The van der Waals surface area contributed by atoms with Crippen molar-refractivity contribution in [2.45, 2.75) is 27.0 Å². The second kappa shape index (κ2) is 7.86. The van der Waals surface area contributed by atoms with Crippen molar-refractivity contribution in [3.63, 3.8) is 0 Å². The summed E-state index contributed by atoms with van der Waals surface area (Å²) in [7, 11) is 0. The Morgan fingerprint density at radius 2 is 2.11 bits per heavy atom. The fraction of sp³-hybridized carbons (Fsp3) is 0.182. The molecule has 0 atom stereocenters. The summed E-state index contributed by atoms with van der Waals surface area (Å²) in [6.45, 7) is 5.39. The molecule has 4 rings (SSSR count). The third-order valence-electron chi connectivity index (χ3n) is 4.52. The second-order valence-corrected chi connectivity index (χ2v) is 7.57. The molecule has 0 aliphatic carbocycles. The van der Waals surface area contributed by atoms with Crippen LogP contribution in [0, 0.1) is 6.92 Å². The van der Waals surface area contributed by atoms with Gasteiger partial charge in [-0.15, -0.1) is 11.3 Å². The number of anilines is 1. The first-order valence-corrected chi connectivity index (χ1v) is 10.0. The molecule has 0 fully saturated rings. The van der Waals surface area contributed by atoms with Gasteiger partial charge in [-0.2, -0.15) is 0 Å². The predicted octanol–water partition coefficient (Wildman–Crippen LogP) is 5.26. The smallest absolute Gasteiger partial charge is 0.255 e. The van der Waals surface area contributed by atoms with Gasteiger partial charge in [0, 0.05) is 40.3 Å². The van der Waals surface area contributed by atoms with Gasteiger partial charge in [-0.1, -0.05) is 6.07 Å². The molecule has 4 aromatic rings. The molecule has 142 valence electrons. The Labute approximate surface area is 167 Å². The molecular weight excluding hydrogens is 370 g/mol. The largest absolute Gasteiger partial charge is 0.487 e. The molecule has 0 radical (unpaired) electrons. The minimum absolute atomic E-state index is 0.163. The van der Waals surface area contributed by atoms with E-state index in [2.05, 4.69) is 34.1 Å². The summed E-state index contributed by atoms with van der Waals surface area (Å²) < 4.78 is 7.95. The Morgan fingerprint density at radius 3 is 2.89 bits per heavy atom. The van der Waals surface area contributed by atoms with Crippen molar-refractivity contribution in [1.82, 2.24) is 9.55 Å². The quantitative estimate of drug-likeness (QED) is 0.488. The highest BCUT2D eigenvalue weighted by atomic mass is 32.1. The van der Waals surface area contributed by atoms with Crippen LogP contribution in [0.15, 0.2) is 60.1 Å². The van der Waals surface area contributed by atoms with Crippen LogP contribution in [0.3, 0.4) is 0 Å². The molecule has 0 spiro atoms. The summed E-state index contributed by atoms with van der Waals surface area (Å²) >= 11 is 1.60. The van der Waals surface area contributed by atoms with Crippen LogP contribution < -0.4 is 10.1 Å². The van der Waals surface area contributed by atoms with Crippen LogP contribution in [-0.2, 0) is 13.2 Å². The van der Waals surface area contributed by atoms with Gasteiger partial charge in [-0.25, -0.2) is 4.98 Å². The third-order valence-corrected chi connectivity index (χ3v) is 5.34. The molecule has 1 N–H and O–H groups in total. The maximum absolute atomic E-state index is 12.7. The Balaban J connectivity index is 1.45. The lowest BCUT2D eigenvalue weighted by Gasteiger charge is -2.09. The normalized spacial score (nSPS) is 10.9. The number of aryl methyl sites for hydroxylation is 2. The van der Waals surface area contributed by atoms with Gasteiger partial charge in [0.1, 0.15) is 12.4 Å². The van der Waals surface area contributed by atoms with Gasteiger partial charge in [0.15, 0.2) is 0 Å². The highest BCUT2D eigenvalue weighted by molar-refractivity contribution is 7.09. The Kier molecular flexibility index (Phi) is 5.12. The molecule has 5 nitrogen and oxygen atoms in total. The number of aromatic nitrogens is 2. The Morgan fingerprint density at radius 1 is 1.21 bits per heavy atom.